The lowest BCUT2D eigenvalue weighted by atomic mass is 9.99. The molecule has 21 heteroatoms. The Morgan fingerprint density at radius 3 is 1.48 bits per heavy atom. The molecule has 2 aromatic carbocycles. The molecule has 0 aromatic heterocycles. The molecule has 0 saturated carbocycles. The number of carbonyl (C=O) groups is 9. The minimum absolute atomic E-state index is 0.104. The molecule has 2 aromatic rings. The minimum atomic E-state index is -1.83. The van der Waals surface area contributed by atoms with E-state index in [1.807, 2.05) is 0 Å². The first-order valence-corrected chi connectivity index (χ1v) is 18.9. The van der Waals surface area contributed by atoms with E-state index < -0.39 is 121 Å². The van der Waals surface area contributed by atoms with Gasteiger partial charge in [-0.3, -0.25) is 38.4 Å². The number of aromatic hydroxyl groups is 1. The zero-order chi connectivity index (χ0) is 45.3. The van der Waals surface area contributed by atoms with Crippen molar-refractivity contribution in [2.45, 2.75) is 108 Å². The summed E-state index contributed by atoms with van der Waals surface area (Å²) in [6.07, 6.45) is -3.90. The van der Waals surface area contributed by atoms with Gasteiger partial charge in [-0.15, -0.1) is 0 Å². The van der Waals surface area contributed by atoms with Crippen LogP contribution in [-0.4, -0.2) is 127 Å². The van der Waals surface area contributed by atoms with E-state index in [1.165, 1.54) is 52.0 Å². The lowest BCUT2D eigenvalue weighted by Gasteiger charge is -2.29. The Labute approximate surface area is 344 Å². The number of phenolic OH excluding ortho intramolecular Hbond substituents is 1. The summed E-state index contributed by atoms with van der Waals surface area (Å²) < 4.78 is 0. The third-order valence-electron chi connectivity index (χ3n) is 8.96. The number of nitrogens with one attached hydrogen (secondary N) is 6. The summed E-state index contributed by atoms with van der Waals surface area (Å²) in [6, 6.07) is 3.58. The molecule has 328 valence electrons. The van der Waals surface area contributed by atoms with Crippen LogP contribution in [0.3, 0.4) is 0 Å². The Morgan fingerprint density at radius 2 is 1.00 bits per heavy atom. The third-order valence-corrected chi connectivity index (χ3v) is 8.96. The molecule has 0 aliphatic carbocycles. The SMILES string of the molecule is CC(C)[C@H](NC(=O)[C@H](Cc1ccc(O)cc1)NC(=O)[C@H](Cc1ccccc1)NC(=O)[C@@H](NC(=O)[C@H](CCC(=O)O)NC(=O)[C@H](C)[NH3+])[C@@H](C)O)C(=O)N[C@@H](CC(=O)O)C(=O)O. The predicted molar refractivity (Wildman–Crippen MR) is 209 cm³/mol. The van der Waals surface area contributed by atoms with Gasteiger partial charge in [0.1, 0.15) is 42.0 Å². The van der Waals surface area contributed by atoms with Crippen LogP contribution in [0.1, 0.15) is 58.1 Å². The normalized spacial score (nSPS) is 15.0. The summed E-state index contributed by atoms with van der Waals surface area (Å²) in [5.74, 6) is -10.9. The highest BCUT2D eigenvalue weighted by Crippen LogP contribution is 2.14. The quantitative estimate of drug-likeness (QED) is 0.0507. The number of carboxylic acids is 3. The van der Waals surface area contributed by atoms with Gasteiger partial charge in [-0.05, 0) is 49.4 Å². The smallest absolute Gasteiger partial charge is 0.326 e. The highest BCUT2D eigenvalue weighted by atomic mass is 16.4. The van der Waals surface area contributed by atoms with E-state index in [2.05, 4.69) is 37.6 Å². The number of carbonyl (C=O) groups excluding carboxylic acids is 6. The molecule has 8 atom stereocenters. The molecule has 0 fully saturated rings. The van der Waals surface area contributed by atoms with E-state index in [9.17, 15) is 63.6 Å². The summed E-state index contributed by atoms with van der Waals surface area (Å²) in [5, 5.41) is 62.5. The number of amides is 6. The lowest BCUT2D eigenvalue weighted by molar-refractivity contribution is -0.398. The summed E-state index contributed by atoms with van der Waals surface area (Å²) >= 11 is 0. The summed E-state index contributed by atoms with van der Waals surface area (Å²) in [4.78, 5) is 115. The number of aliphatic hydroxyl groups is 1. The monoisotopic (exact) mass is 844 g/mol. The van der Waals surface area contributed by atoms with Gasteiger partial charge in [0, 0.05) is 19.3 Å². The Bertz CT molecular complexity index is 1840. The molecule has 0 unspecified atom stereocenters. The molecule has 0 saturated heterocycles. The molecule has 0 heterocycles. The molecule has 60 heavy (non-hydrogen) atoms. The molecule has 0 bridgehead atoms. The number of rotatable bonds is 24. The third kappa shape index (κ3) is 16.7. The summed E-state index contributed by atoms with van der Waals surface area (Å²) in [7, 11) is 0. The minimum Gasteiger partial charge on any atom is -0.508 e. The van der Waals surface area contributed by atoms with Crippen molar-refractivity contribution in [1.82, 2.24) is 31.9 Å². The van der Waals surface area contributed by atoms with Crippen LogP contribution in [0.4, 0.5) is 0 Å². The molecule has 0 radical (unpaired) electrons. The second-order valence-corrected chi connectivity index (χ2v) is 14.5. The molecule has 0 spiro atoms. The highest BCUT2D eigenvalue weighted by Gasteiger charge is 2.36. The lowest BCUT2D eigenvalue weighted by Crippen LogP contribution is -2.68. The zero-order valence-electron chi connectivity index (χ0n) is 33.5. The van der Waals surface area contributed by atoms with E-state index in [-0.39, 0.29) is 25.0 Å². The molecule has 14 N–H and O–H groups in total. The number of phenols is 1. The van der Waals surface area contributed by atoms with Gasteiger partial charge in [-0.25, -0.2) is 4.79 Å². The standard InChI is InChI=1S/C39H53N7O14/c1-19(2)31(37(57)44-28(39(59)60)18-30(51)52)45-36(56)27(17-23-10-12-24(48)13-11-23)42-35(55)26(16-22-8-6-5-7-9-22)43-38(58)32(21(4)47)46-34(54)25(14-15-29(49)50)41-33(53)20(3)40/h5-13,19-21,25-28,31-32,47-48H,14-18,40H2,1-4H3,(H,41,53)(H,42,55)(H,43,58)(H,44,57)(H,45,56)(H,46,54)(H,49,50)(H,51,52)(H,59,60)/p+1/t20-,21+,25-,26-,27-,28-,31-,32-/m0/s1. The number of hydrogen-bond acceptors (Lipinski definition) is 11. The van der Waals surface area contributed by atoms with E-state index >= 15 is 0 Å². The topological polar surface area (TPSA) is 355 Å². The maximum Gasteiger partial charge on any atom is 0.326 e. The van der Waals surface area contributed by atoms with Crippen LogP contribution in [0.25, 0.3) is 0 Å². The molecule has 0 aliphatic rings. The van der Waals surface area contributed by atoms with Crippen molar-refractivity contribution < 1.29 is 74.4 Å². The van der Waals surface area contributed by atoms with Crippen molar-refractivity contribution in [1.29, 1.82) is 0 Å². The van der Waals surface area contributed by atoms with Crippen molar-refractivity contribution in [3.8, 4) is 5.75 Å². The second-order valence-electron chi connectivity index (χ2n) is 14.5. The van der Waals surface area contributed by atoms with Gasteiger partial charge < -0.3 is 63.2 Å². The first kappa shape index (κ1) is 49.5. The first-order valence-electron chi connectivity index (χ1n) is 18.9. The number of carboxylic acid groups (broad SMARTS) is 3. The van der Waals surface area contributed by atoms with Gasteiger partial charge in [-0.2, -0.15) is 0 Å². The second kappa shape index (κ2) is 23.7. The average molecular weight is 845 g/mol. The fourth-order valence-corrected chi connectivity index (χ4v) is 5.60. The van der Waals surface area contributed by atoms with Crippen LogP contribution in [-0.2, 0) is 56.0 Å². The molecule has 21 nitrogen and oxygen atoms in total. The maximum atomic E-state index is 14.2. The molecular weight excluding hydrogens is 790 g/mol. The fourth-order valence-electron chi connectivity index (χ4n) is 5.60. The van der Waals surface area contributed by atoms with Crippen molar-refractivity contribution in [2.75, 3.05) is 0 Å². The van der Waals surface area contributed by atoms with E-state index in [4.69, 9.17) is 5.11 Å². The summed E-state index contributed by atoms with van der Waals surface area (Å²) in [6.45, 7) is 5.65. The van der Waals surface area contributed by atoms with Gasteiger partial charge in [0.15, 0.2) is 6.04 Å². The van der Waals surface area contributed by atoms with Crippen LogP contribution < -0.4 is 37.6 Å². The van der Waals surface area contributed by atoms with Crippen LogP contribution >= 0.6 is 0 Å². The molecule has 2 rings (SSSR count). The van der Waals surface area contributed by atoms with Gasteiger partial charge in [0.05, 0.1) is 12.5 Å². The first-order chi connectivity index (χ1) is 28.1. The van der Waals surface area contributed by atoms with Crippen molar-refractivity contribution in [2.24, 2.45) is 5.92 Å². The Balaban J connectivity index is 2.48. The van der Waals surface area contributed by atoms with E-state index in [0.717, 1.165) is 0 Å². The van der Waals surface area contributed by atoms with Gasteiger partial charge in [-0.1, -0.05) is 56.3 Å². The van der Waals surface area contributed by atoms with E-state index in [1.54, 1.807) is 30.3 Å². The zero-order valence-corrected chi connectivity index (χ0v) is 33.5. The average Bonchev–Trinajstić information content (AvgIpc) is 3.16. The van der Waals surface area contributed by atoms with Gasteiger partial charge in [0.25, 0.3) is 5.91 Å². The number of benzene rings is 2. The Kier molecular flexibility index (Phi) is 19.6. The van der Waals surface area contributed by atoms with Gasteiger partial charge in [0.2, 0.25) is 29.5 Å². The largest absolute Gasteiger partial charge is 0.508 e. The van der Waals surface area contributed by atoms with Crippen molar-refractivity contribution in [3.63, 3.8) is 0 Å². The van der Waals surface area contributed by atoms with Crippen molar-refractivity contribution in [3.05, 3.63) is 65.7 Å². The van der Waals surface area contributed by atoms with Gasteiger partial charge >= 0.3 is 17.9 Å². The highest BCUT2D eigenvalue weighted by molar-refractivity contribution is 5.97. The fraction of sp³-hybridized carbons (Fsp3) is 0.462. The Morgan fingerprint density at radius 1 is 0.550 bits per heavy atom. The summed E-state index contributed by atoms with van der Waals surface area (Å²) in [5.41, 5.74) is 4.51. The Hall–Kier alpha value is -6.61. The number of aliphatic carboxylic acids is 3. The number of hydrogen-bond donors (Lipinski definition) is 12. The van der Waals surface area contributed by atoms with Crippen molar-refractivity contribution >= 4 is 53.4 Å². The van der Waals surface area contributed by atoms with Crippen LogP contribution in [0, 0.1) is 5.92 Å². The van der Waals surface area contributed by atoms with E-state index in [0.29, 0.717) is 11.1 Å². The van der Waals surface area contributed by atoms with Crippen LogP contribution in [0.2, 0.25) is 0 Å². The van der Waals surface area contributed by atoms with Crippen LogP contribution in [0.15, 0.2) is 54.6 Å². The molecule has 6 amide bonds. The number of quaternary nitrogens is 1. The predicted octanol–water partition coefficient (Wildman–Crippen LogP) is -2.82. The maximum absolute atomic E-state index is 14.2. The number of aliphatic hydroxyl groups excluding tert-OH is 1. The van der Waals surface area contributed by atoms with Crippen LogP contribution in [0.5, 0.6) is 5.75 Å². The molecule has 0 aliphatic heterocycles. The molecular formula is C39H54N7O14+.